The Morgan fingerprint density at radius 1 is 1.04 bits per heavy atom. The standard InChI is InChI=1S/C20H21N3O5/c1-25-15-6-4-5-14(11-15)20-22-19(28-23-20)12-21-18(24)10-13-7-8-16(26-2)17(9-13)27-3/h4-9,11H,10,12H2,1-3H3,(H,21,24). The zero-order valence-electron chi connectivity index (χ0n) is 15.9. The molecule has 0 spiro atoms. The maximum atomic E-state index is 12.2. The maximum absolute atomic E-state index is 12.2. The molecule has 0 unspecified atom stereocenters. The van der Waals surface area contributed by atoms with E-state index in [9.17, 15) is 4.79 Å². The second-order valence-corrected chi connectivity index (χ2v) is 5.89. The molecule has 0 radical (unpaired) electrons. The summed E-state index contributed by atoms with van der Waals surface area (Å²) in [6.45, 7) is 0.142. The predicted molar refractivity (Wildman–Crippen MR) is 101 cm³/mol. The molecule has 1 amide bonds. The van der Waals surface area contributed by atoms with Crippen LogP contribution in [-0.4, -0.2) is 37.4 Å². The number of ether oxygens (including phenoxy) is 3. The zero-order chi connectivity index (χ0) is 19.9. The van der Waals surface area contributed by atoms with Crippen molar-refractivity contribution in [3.63, 3.8) is 0 Å². The number of hydrogen-bond acceptors (Lipinski definition) is 7. The fourth-order valence-electron chi connectivity index (χ4n) is 2.62. The van der Waals surface area contributed by atoms with E-state index in [-0.39, 0.29) is 18.9 Å². The number of hydrogen-bond donors (Lipinski definition) is 1. The van der Waals surface area contributed by atoms with Gasteiger partial charge in [-0.05, 0) is 29.8 Å². The van der Waals surface area contributed by atoms with Gasteiger partial charge < -0.3 is 24.1 Å². The monoisotopic (exact) mass is 383 g/mol. The Morgan fingerprint density at radius 2 is 1.86 bits per heavy atom. The van der Waals surface area contributed by atoms with Crippen LogP contribution in [0.25, 0.3) is 11.4 Å². The van der Waals surface area contributed by atoms with Crippen LogP contribution in [-0.2, 0) is 17.8 Å². The molecule has 8 nitrogen and oxygen atoms in total. The normalized spacial score (nSPS) is 10.4. The minimum Gasteiger partial charge on any atom is -0.497 e. The average Bonchev–Trinajstić information content (AvgIpc) is 3.21. The number of methoxy groups -OCH3 is 3. The first-order chi connectivity index (χ1) is 13.6. The van der Waals surface area contributed by atoms with Crippen LogP contribution in [0.4, 0.5) is 0 Å². The van der Waals surface area contributed by atoms with Gasteiger partial charge in [0.2, 0.25) is 17.6 Å². The highest BCUT2D eigenvalue weighted by molar-refractivity contribution is 5.78. The largest absolute Gasteiger partial charge is 0.497 e. The Labute approximate surface area is 162 Å². The van der Waals surface area contributed by atoms with Gasteiger partial charge in [-0.15, -0.1) is 0 Å². The van der Waals surface area contributed by atoms with Crippen molar-refractivity contribution in [2.75, 3.05) is 21.3 Å². The van der Waals surface area contributed by atoms with E-state index in [1.54, 1.807) is 33.5 Å². The molecule has 146 valence electrons. The Morgan fingerprint density at radius 3 is 2.61 bits per heavy atom. The van der Waals surface area contributed by atoms with Crippen LogP contribution in [0, 0.1) is 0 Å². The molecule has 8 heteroatoms. The van der Waals surface area contributed by atoms with Crippen molar-refractivity contribution < 1.29 is 23.5 Å². The fourth-order valence-corrected chi connectivity index (χ4v) is 2.62. The summed E-state index contributed by atoms with van der Waals surface area (Å²) in [7, 11) is 4.71. The topological polar surface area (TPSA) is 95.7 Å². The van der Waals surface area contributed by atoms with Crippen molar-refractivity contribution in [1.82, 2.24) is 15.5 Å². The van der Waals surface area contributed by atoms with E-state index in [4.69, 9.17) is 18.7 Å². The van der Waals surface area contributed by atoms with Gasteiger partial charge in [0.05, 0.1) is 34.3 Å². The quantitative estimate of drug-likeness (QED) is 0.639. The van der Waals surface area contributed by atoms with E-state index in [0.29, 0.717) is 29.0 Å². The highest BCUT2D eigenvalue weighted by Gasteiger charge is 2.12. The second-order valence-electron chi connectivity index (χ2n) is 5.89. The summed E-state index contributed by atoms with van der Waals surface area (Å²) in [5, 5.41) is 6.71. The van der Waals surface area contributed by atoms with E-state index in [1.165, 1.54) is 0 Å². The number of carbonyl (C=O) groups excluding carboxylic acids is 1. The average molecular weight is 383 g/mol. The van der Waals surface area contributed by atoms with Crippen molar-refractivity contribution in [1.29, 1.82) is 0 Å². The van der Waals surface area contributed by atoms with Gasteiger partial charge in [-0.25, -0.2) is 0 Å². The number of amides is 1. The first-order valence-corrected chi connectivity index (χ1v) is 8.57. The Bertz CT molecular complexity index is 955. The van der Waals surface area contributed by atoms with Gasteiger partial charge in [0.15, 0.2) is 11.5 Å². The summed E-state index contributed by atoms with van der Waals surface area (Å²) in [5.41, 5.74) is 1.57. The van der Waals surface area contributed by atoms with E-state index in [0.717, 1.165) is 11.1 Å². The van der Waals surface area contributed by atoms with Crippen LogP contribution < -0.4 is 19.5 Å². The maximum Gasteiger partial charge on any atom is 0.246 e. The number of aromatic nitrogens is 2. The predicted octanol–water partition coefficient (Wildman–Crippen LogP) is 2.62. The van der Waals surface area contributed by atoms with Crippen molar-refractivity contribution in [3.05, 3.63) is 53.9 Å². The van der Waals surface area contributed by atoms with Gasteiger partial charge in [0.1, 0.15) is 5.75 Å². The number of benzene rings is 2. The number of nitrogens with zero attached hydrogens (tertiary/aromatic N) is 2. The molecule has 0 fully saturated rings. The molecule has 0 atom stereocenters. The third-order valence-electron chi connectivity index (χ3n) is 4.05. The Kier molecular flexibility index (Phi) is 6.11. The van der Waals surface area contributed by atoms with Crippen molar-refractivity contribution >= 4 is 5.91 Å². The molecule has 0 saturated carbocycles. The lowest BCUT2D eigenvalue weighted by molar-refractivity contribution is -0.120. The molecule has 1 heterocycles. The first-order valence-electron chi connectivity index (χ1n) is 8.57. The summed E-state index contributed by atoms with van der Waals surface area (Å²) in [6, 6.07) is 12.7. The van der Waals surface area contributed by atoms with Crippen molar-refractivity contribution in [3.8, 4) is 28.6 Å². The minimum atomic E-state index is -0.173. The van der Waals surface area contributed by atoms with E-state index in [2.05, 4.69) is 15.5 Å². The summed E-state index contributed by atoms with van der Waals surface area (Å²) in [4.78, 5) is 16.5. The lowest BCUT2D eigenvalue weighted by Gasteiger charge is -2.09. The Balaban J connectivity index is 1.58. The molecule has 0 aliphatic heterocycles. The van der Waals surface area contributed by atoms with Gasteiger partial charge in [-0.2, -0.15) is 4.98 Å². The smallest absolute Gasteiger partial charge is 0.246 e. The lowest BCUT2D eigenvalue weighted by Crippen LogP contribution is -2.24. The highest BCUT2D eigenvalue weighted by atomic mass is 16.5. The van der Waals surface area contributed by atoms with Crippen LogP contribution in [0.15, 0.2) is 47.0 Å². The Hall–Kier alpha value is -3.55. The molecule has 28 heavy (non-hydrogen) atoms. The van der Waals surface area contributed by atoms with Gasteiger partial charge in [-0.3, -0.25) is 4.79 Å². The molecule has 3 aromatic rings. The first kappa shape index (κ1) is 19.2. The van der Waals surface area contributed by atoms with E-state index in [1.807, 2.05) is 30.3 Å². The van der Waals surface area contributed by atoms with Gasteiger partial charge in [0.25, 0.3) is 0 Å². The lowest BCUT2D eigenvalue weighted by atomic mass is 10.1. The molecule has 3 rings (SSSR count). The number of carbonyl (C=O) groups is 1. The van der Waals surface area contributed by atoms with Gasteiger partial charge in [0, 0.05) is 5.56 Å². The van der Waals surface area contributed by atoms with Gasteiger partial charge in [-0.1, -0.05) is 23.4 Å². The fraction of sp³-hybridized carbons (Fsp3) is 0.250. The molecule has 1 N–H and O–H groups in total. The molecule has 0 saturated heterocycles. The third-order valence-corrected chi connectivity index (χ3v) is 4.05. The van der Waals surface area contributed by atoms with Crippen LogP contribution in [0.2, 0.25) is 0 Å². The summed E-state index contributed by atoms with van der Waals surface area (Å²) >= 11 is 0. The van der Waals surface area contributed by atoms with Crippen LogP contribution in [0.5, 0.6) is 17.2 Å². The SMILES string of the molecule is COc1cccc(-c2noc(CNC(=O)Cc3ccc(OC)c(OC)c3)n2)c1. The highest BCUT2D eigenvalue weighted by Crippen LogP contribution is 2.27. The minimum absolute atomic E-state index is 0.142. The summed E-state index contributed by atoms with van der Waals surface area (Å²) in [6.07, 6.45) is 0.192. The van der Waals surface area contributed by atoms with Crippen molar-refractivity contribution in [2.45, 2.75) is 13.0 Å². The van der Waals surface area contributed by atoms with E-state index >= 15 is 0 Å². The molecule has 1 aromatic heterocycles. The summed E-state index contributed by atoms with van der Waals surface area (Å²) in [5.74, 6) is 2.47. The van der Waals surface area contributed by atoms with Crippen LogP contribution in [0.1, 0.15) is 11.5 Å². The van der Waals surface area contributed by atoms with Gasteiger partial charge >= 0.3 is 0 Å². The molecular formula is C20H21N3O5. The second kappa shape index (κ2) is 8.90. The molecule has 0 bridgehead atoms. The summed E-state index contributed by atoms with van der Waals surface area (Å²) < 4.78 is 20.8. The molecule has 0 aliphatic rings. The molecular weight excluding hydrogens is 362 g/mol. The van der Waals surface area contributed by atoms with E-state index < -0.39 is 0 Å². The zero-order valence-corrected chi connectivity index (χ0v) is 15.9. The van der Waals surface area contributed by atoms with Crippen molar-refractivity contribution in [2.24, 2.45) is 0 Å². The van der Waals surface area contributed by atoms with Crippen LogP contribution >= 0.6 is 0 Å². The number of nitrogens with one attached hydrogen (secondary N) is 1. The van der Waals surface area contributed by atoms with Crippen LogP contribution in [0.3, 0.4) is 0 Å². The molecule has 2 aromatic carbocycles. The third kappa shape index (κ3) is 4.59. The number of rotatable bonds is 8. The molecule has 0 aliphatic carbocycles.